The zero-order valence-electron chi connectivity index (χ0n) is 12.3. The van der Waals surface area contributed by atoms with E-state index in [1.165, 1.54) is 0 Å². The zero-order chi connectivity index (χ0) is 14.4. The Morgan fingerprint density at radius 1 is 1.20 bits per heavy atom. The van der Waals surface area contributed by atoms with E-state index in [4.69, 9.17) is 9.47 Å². The van der Waals surface area contributed by atoms with Crippen LogP contribution in [0.1, 0.15) is 31.9 Å². The third kappa shape index (κ3) is 4.28. The molecule has 1 heterocycles. The van der Waals surface area contributed by atoms with Gasteiger partial charge in [-0.2, -0.15) is 0 Å². The quantitative estimate of drug-likeness (QED) is 0.802. The third-order valence-electron chi connectivity index (χ3n) is 3.65. The number of rotatable bonds is 7. The fraction of sp³-hybridized carbons (Fsp3) is 0.625. The molecular formula is C16H25NO3. The van der Waals surface area contributed by atoms with E-state index in [-0.39, 0.29) is 12.3 Å². The van der Waals surface area contributed by atoms with Gasteiger partial charge in [0, 0.05) is 19.0 Å². The Morgan fingerprint density at radius 3 is 2.45 bits per heavy atom. The van der Waals surface area contributed by atoms with Crippen molar-refractivity contribution in [2.24, 2.45) is 5.92 Å². The van der Waals surface area contributed by atoms with Crippen LogP contribution in [0, 0.1) is 5.92 Å². The molecule has 20 heavy (non-hydrogen) atoms. The van der Waals surface area contributed by atoms with E-state index in [9.17, 15) is 5.11 Å². The van der Waals surface area contributed by atoms with E-state index in [2.05, 4.69) is 19.2 Å². The van der Waals surface area contributed by atoms with Crippen LogP contribution in [0.3, 0.4) is 0 Å². The van der Waals surface area contributed by atoms with Crippen LogP contribution in [0.25, 0.3) is 0 Å². The molecule has 4 nitrogen and oxygen atoms in total. The van der Waals surface area contributed by atoms with Crippen molar-refractivity contribution in [1.29, 1.82) is 0 Å². The lowest BCUT2D eigenvalue weighted by molar-refractivity contribution is -0.0473. The fourth-order valence-electron chi connectivity index (χ4n) is 2.51. The van der Waals surface area contributed by atoms with Crippen molar-refractivity contribution in [3.63, 3.8) is 0 Å². The summed E-state index contributed by atoms with van der Waals surface area (Å²) in [6, 6.07) is 9.82. The average molecular weight is 279 g/mol. The summed E-state index contributed by atoms with van der Waals surface area (Å²) in [6.07, 6.45) is 0.218. The van der Waals surface area contributed by atoms with E-state index in [1.54, 1.807) is 0 Å². The summed E-state index contributed by atoms with van der Waals surface area (Å²) in [6.45, 7) is 6.38. The van der Waals surface area contributed by atoms with Crippen LogP contribution < -0.4 is 5.32 Å². The predicted molar refractivity (Wildman–Crippen MR) is 78.3 cm³/mol. The van der Waals surface area contributed by atoms with Gasteiger partial charge < -0.3 is 19.9 Å². The maximum absolute atomic E-state index is 10.5. The number of ether oxygens (including phenoxy) is 2. The molecule has 0 unspecified atom stereocenters. The third-order valence-corrected chi connectivity index (χ3v) is 3.65. The molecule has 2 atom stereocenters. The molecule has 1 saturated heterocycles. The molecule has 0 aliphatic carbocycles. The summed E-state index contributed by atoms with van der Waals surface area (Å²) in [4.78, 5) is 0. The predicted octanol–water partition coefficient (Wildman–Crippen LogP) is 2.10. The molecule has 1 fully saturated rings. The summed E-state index contributed by atoms with van der Waals surface area (Å²) in [5, 5.41) is 14.0. The first-order valence-corrected chi connectivity index (χ1v) is 7.38. The Morgan fingerprint density at radius 2 is 1.85 bits per heavy atom. The molecule has 1 aliphatic heterocycles. The Balaban J connectivity index is 1.86. The number of hydrogen-bond acceptors (Lipinski definition) is 4. The van der Waals surface area contributed by atoms with E-state index in [1.807, 2.05) is 30.3 Å². The molecule has 0 aromatic heterocycles. The van der Waals surface area contributed by atoms with Gasteiger partial charge in [-0.15, -0.1) is 0 Å². The maximum atomic E-state index is 10.5. The number of aliphatic hydroxyl groups is 1. The van der Waals surface area contributed by atoms with Crippen molar-refractivity contribution in [3.05, 3.63) is 35.9 Å². The summed E-state index contributed by atoms with van der Waals surface area (Å²) >= 11 is 0. The van der Waals surface area contributed by atoms with Crippen molar-refractivity contribution in [1.82, 2.24) is 5.32 Å². The van der Waals surface area contributed by atoms with Gasteiger partial charge in [-0.25, -0.2) is 0 Å². The van der Waals surface area contributed by atoms with E-state index in [0.717, 1.165) is 18.5 Å². The summed E-state index contributed by atoms with van der Waals surface area (Å²) < 4.78 is 10.8. The monoisotopic (exact) mass is 279 g/mol. The Kier molecular flexibility index (Phi) is 5.98. The van der Waals surface area contributed by atoms with Crippen LogP contribution >= 0.6 is 0 Å². The van der Waals surface area contributed by atoms with Crippen molar-refractivity contribution in [2.45, 2.75) is 38.7 Å². The largest absolute Gasteiger partial charge is 0.387 e. The van der Waals surface area contributed by atoms with Crippen LogP contribution in [-0.4, -0.2) is 37.2 Å². The van der Waals surface area contributed by atoms with Crippen LogP contribution in [0.2, 0.25) is 0 Å². The van der Waals surface area contributed by atoms with Crippen molar-refractivity contribution in [3.8, 4) is 0 Å². The van der Waals surface area contributed by atoms with Gasteiger partial charge in [-0.3, -0.25) is 0 Å². The number of hydrogen-bond donors (Lipinski definition) is 2. The van der Waals surface area contributed by atoms with Crippen molar-refractivity contribution >= 4 is 0 Å². The van der Waals surface area contributed by atoms with Crippen molar-refractivity contribution in [2.75, 3.05) is 19.8 Å². The second-order valence-corrected chi connectivity index (χ2v) is 5.54. The van der Waals surface area contributed by atoms with Gasteiger partial charge in [-0.1, -0.05) is 44.2 Å². The minimum atomic E-state index is -0.499. The Labute approximate surface area is 121 Å². The van der Waals surface area contributed by atoms with Crippen LogP contribution in [0.15, 0.2) is 30.3 Å². The van der Waals surface area contributed by atoms with Gasteiger partial charge in [0.15, 0.2) is 6.29 Å². The maximum Gasteiger partial charge on any atom is 0.159 e. The van der Waals surface area contributed by atoms with E-state index in [0.29, 0.717) is 19.1 Å². The van der Waals surface area contributed by atoms with Gasteiger partial charge in [0.2, 0.25) is 0 Å². The fourth-order valence-corrected chi connectivity index (χ4v) is 2.51. The highest BCUT2D eigenvalue weighted by atomic mass is 16.7. The second-order valence-electron chi connectivity index (χ2n) is 5.54. The van der Waals surface area contributed by atoms with Gasteiger partial charge in [-0.05, 0) is 11.5 Å². The molecule has 1 aromatic carbocycles. The summed E-state index contributed by atoms with van der Waals surface area (Å²) in [7, 11) is 0. The van der Waals surface area contributed by atoms with Gasteiger partial charge >= 0.3 is 0 Å². The van der Waals surface area contributed by atoms with Gasteiger partial charge in [0.05, 0.1) is 19.3 Å². The highest BCUT2D eigenvalue weighted by Crippen LogP contribution is 2.21. The lowest BCUT2D eigenvalue weighted by Gasteiger charge is -2.28. The first-order chi connectivity index (χ1) is 9.68. The molecule has 0 amide bonds. The van der Waals surface area contributed by atoms with Gasteiger partial charge in [0.25, 0.3) is 0 Å². The normalized spacial score (nSPS) is 19.4. The van der Waals surface area contributed by atoms with Crippen molar-refractivity contribution < 1.29 is 14.6 Å². The lowest BCUT2D eigenvalue weighted by atomic mass is 9.93. The molecule has 0 bridgehead atoms. The number of nitrogens with one attached hydrogen (secondary N) is 1. The second kappa shape index (κ2) is 7.74. The molecule has 2 N–H and O–H groups in total. The van der Waals surface area contributed by atoms with E-state index >= 15 is 0 Å². The highest BCUT2D eigenvalue weighted by molar-refractivity contribution is 5.19. The van der Waals surface area contributed by atoms with Crippen LogP contribution in [0.4, 0.5) is 0 Å². The molecule has 4 heteroatoms. The molecule has 1 aliphatic rings. The SMILES string of the molecule is CC(C)[C@H](NCCC1OCCO1)[C@@H](O)c1ccccc1. The first-order valence-electron chi connectivity index (χ1n) is 7.38. The number of aliphatic hydroxyl groups excluding tert-OH is 1. The Hall–Kier alpha value is -0.940. The van der Waals surface area contributed by atoms with Crippen LogP contribution in [0.5, 0.6) is 0 Å². The smallest absolute Gasteiger partial charge is 0.159 e. The molecule has 0 radical (unpaired) electrons. The molecule has 0 spiro atoms. The minimum Gasteiger partial charge on any atom is -0.387 e. The first kappa shape index (κ1) is 15.4. The molecule has 2 rings (SSSR count). The molecular weight excluding hydrogens is 254 g/mol. The Bertz CT molecular complexity index is 377. The standard InChI is InChI=1S/C16H25NO3/c1-12(2)15(16(18)13-6-4-3-5-7-13)17-9-8-14-19-10-11-20-14/h3-7,12,14-18H,8-11H2,1-2H3/t15-,16-/m0/s1. The topological polar surface area (TPSA) is 50.7 Å². The average Bonchev–Trinajstić information content (AvgIpc) is 2.97. The summed E-state index contributed by atoms with van der Waals surface area (Å²) in [5.74, 6) is 0.343. The summed E-state index contributed by atoms with van der Waals surface area (Å²) in [5.41, 5.74) is 0.951. The molecule has 112 valence electrons. The van der Waals surface area contributed by atoms with Gasteiger partial charge in [0.1, 0.15) is 0 Å². The zero-order valence-corrected chi connectivity index (χ0v) is 12.3. The van der Waals surface area contributed by atoms with E-state index < -0.39 is 6.10 Å². The molecule has 0 saturated carbocycles. The minimum absolute atomic E-state index is 0.0267. The number of benzene rings is 1. The highest BCUT2D eigenvalue weighted by Gasteiger charge is 2.24. The molecule has 1 aromatic rings. The van der Waals surface area contributed by atoms with Crippen LogP contribution in [-0.2, 0) is 9.47 Å². The lowest BCUT2D eigenvalue weighted by Crippen LogP contribution is -2.40.